The second kappa shape index (κ2) is 8.39. The SMILES string of the molecule is Cc1cc(-n2c(C)cc(C=C3C(=O)NC(=S)N(c4ccccc4)C3=O)c2C)ccc1I. The number of rotatable bonds is 3. The van der Waals surface area contributed by atoms with Crippen LogP contribution in [0.5, 0.6) is 0 Å². The van der Waals surface area contributed by atoms with E-state index in [2.05, 4.69) is 57.6 Å². The molecule has 0 saturated carbocycles. The van der Waals surface area contributed by atoms with Crippen LogP contribution in [0.15, 0.2) is 60.2 Å². The van der Waals surface area contributed by atoms with Crippen molar-refractivity contribution in [3.63, 3.8) is 0 Å². The number of halogens is 1. The first-order valence-electron chi connectivity index (χ1n) is 9.70. The van der Waals surface area contributed by atoms with Gasteiger partial charge in [-0.05, 0) is 109 Å². The number of hydrogen-bond donors (Lipinski definition) is 1. The predicted molar refractivity (Wildman–Crippen MR) is 135 cm³/mol. The number of nitrogens with zero attached hydrogens (tertiary/aromatic N) is 2. The summed E-state index contributed by atoms with van der Waals surface area (Å²) in [7, 11) is 0. The maximum atomic E-state index is 13.2. The predicted octanol–water partition coefficient (Wildman–Crippen LogP) is 4.84. The fourth-order valence-electron chi connectivity index (χ4n) is 3.72. The lowest BCUT2D eigenvalue weighted by Crippen LogP contribution is -2.54. The molecule has 4 rings (SSSR count). The van der Waals surface area contributed by atoms with E-state index in [0.29, 0.717) is 5.69 Å². The van der Waals surface area contributed by atoms with Crippen LogP contribution in [0.3, 0.4) is 0 Å². The highest BCUT2D eigenvalue weighted by Crippen LogP contribution is 2.27. The van der Waals surface area contributed by atoms with E-state index in [9.17, 15) is 9.59 Å². The summed E-state index contributed by atoms with van der Waals surface area (Å²) in [5.74, 6) is -0.924. The Labute approximate surface area is 199 Å². The zero-order chi connectivity index (χ0) is 22.3. The zero-order valence-corrected chi connectivity index (χ0v) is 20.2. The number of anilines is 1. The van der Waals surface area contributed by atoms with Crippen LogP contribution in [0.1, 0.15) is 22.5 Å². The molecule has 1 fully saturated rings. The normalized spacial score (nSPS) is 15.5. The number of thiocarbonyl (C=S) groups is 1. The highest BCUT2D eigenvalue weighted by atomic mass is 127. The molecule has 0 aliphatic carbocycles. The summed E-state index contributed by atoms with van der Waals surface area (Å²) in [6.07, 6.45) is 1.65. The fourth-order valence-corrected chi connectivity index (χ4v) is 4.34. The highest BCUT2D eigenvalue weighted by Gasteiger charge is 2.34. The Morgan fingerprint density at radius 1 is 0.968 bits per heavy atom. The first-order chi connectivity index (χ1) is 14.8. The molecule has 1 saturated heterocycles. The molecule has 5 nitrogen and oxygen atoms in total. The molecule has 7 heteroatoms. The minimum absolute atomic E-state index is 0.0523. The summed E-state index contributed by atoms with van der Waals surface area (Å²) in [5.41, 5.74) is 5.69. The monoisotopic (exact) mass is 541 g/mol. The first kappa shape index (κ1) is 21.5. The van der Waals surface area contributed by atoms with E-state index >= 15 is 0 Å². The largest absolute Gasteiger partial charge is 0.318 e. The van der Waals surface area contributed by atoms with Gasteiger partial charge in [0, 0.05) is 20.6 Å². The van der Waals surface area contributed by atoms with Crippen molar-refractivity contribution in [3.05, 3.63) is 86.3 Å². The average molecular weight is 541 g/mol. The second-order valence-corrected chi connectivity index (χ2v) is 8.94. The van der Waals surface area contributed by atoms with E-state index < -0.39 is 11.8 Å². The molecule has 1 N–H and O–H groups in total. The van der Waals surface area contributed by atoms with Crippen molar-refractivity contribution in [2.45, 2.75) is 20.8 Å². The van der Waals surface area contributed by atoms with Crippen molar-refractivity contribution in [1.29, 1.82) is 0 Å². The Bertz CT molecular complexity index is 1260. The molecule has 3 aromatic rings. The van der Waals surface area contributed by atoms with Gasteiger partial charge in [0.1, 0.15) is 5.57 Å². The van der Waals surface area contributed by atoms with E-state index in [4.69, 9.17) is 12.2 Å². The van der Waals surface area contributed by atoms with Crippen LogP contribution in [-0.4, -0.2) is 21.5 Å². The number of amides is 2. The minimum Gasteiger partial charge on any atom is -0.318 e. The van der Waals surface area contributed by atoms with Gasteiger partial charge in [-0.1, -0.05) is 18.2 Å². The molecule has 1 aromatic heterocycles. The first-order valence-corrected chi connectivity index (χ1v) is 11.2. The van der Waals surface area contributed by atoms with E-state index in [0.717, 1.165) is 22.6 Å². The van der Waals surface area contributed by atoms with Crippen LogP contribution in [0.25, 0.3) is 11.8 Å². The third-order valence-electron chi connectivity index (χ3n) is 5.29. The van der Waals surface area contributed by atoms with Crippen LogP contribution >= 0.6 is 34.8 Å². The summed E-state index contributed by atoms with van der Waals surface area (Å²) in [4.78, 5) is 27.2. The molecule has 0 radical (unpaired) electrons. The Hall–Kier alpha value is -2.78. The number of benzene rings is 2. The van der Waals surface area contributed by atoms with E-state index in [-0.39, 0.29) is 10.7 Å². The van der Waals surface area contributed by atoms with Crippen molar-refractivity contribution in [1.82, 2.24) is 9.88 Å². The molecule has 0 unspecified atom stereocenters. The van der Waals surface area contributed by atoms with Crippen molar-refractivity contribution in [2.75, 3.05) is 4.90 Å². The van der Waals surface area contributed by atoms with Gasteiger partial charge in [0.05, 0.1) is 5.69 Å². The highest BCUT2D eigenvalue weighted by molar-refractivity contribution is 14.1. The van der Waals surface area contributed by atoms with Crippen LogP contribution in [0.4, 0.5) is 5.69 Å². The van der Waals surface area contributed by atoms with Crippen LogP contribution < -0.4 is 10.2 Å². The van der Waals surface area contributed by atoms with Gasteiger partial charge in [0.15, 0.2) is 5.11 Å². The average Bonchev–Trinajstić information content (AvgIpc) is 3.01. The smallest absolute Gasteiger partial charge is 0.270 e. The van der Waals surface area contributed by atoms with Crippen molar-refractivity contribution in [2.24, 2.45) is 0 Å². The zero-order valence-electron chi connectivity index (χ0n) is 17.3. The molecule has 0 atom stereocenters. The van der Waals surface area contributed by atoms with E-state index in [1.54, 1.807) is 18.2 Å². The van der Waals surface area contributed by atoms with Gasteiger partial charge >= 0.3 is 0 Å². The molecule has 2 heterocycles. The van der Waals surface area contributed by atoms with Crippen LogP contribution in [-0.2, 0) is 9.59 Å². The number of para-hydroxylation sites is 1. The summed E-state index contributed by atoms with van der Waals surface area (Å²) >= 11 is 7.58. The molecule has 156 valence electrons. The fraction of sp³-hybridized carbons (Fsp3) is 0.125. The summed E-state index contributed by atoms with van der Waals surface area (Å²) < 4.78 is 3.33. The Morgan fingerprint density at radius 3 is 2.35 bits per heavy atom. The molecule has 1 aliphatic rings. The minimum atomic E-state index is -0.489. The third kappa shape index (κ3) is 3.95. The maximum absolute atomic E-state index is 13.2. The summed E-state index contributed by atoms with van der Waals surface area (Å²) in [6, 6.07) is 17.3. The van der Waals surface area contributed by atoms with Gasteiger partial charge < -0.3 is 4.57 Å². The lowest BCUT2D eigenvalue weighted by atomic mass is 10.1. The molecule has 1 aliphatic heterocycles. The summed E-state index contributed by atoms with van der Waals surface area (Å²) in [6.45, 7) is 6.07. The maximum Gasteiger partial charge on any atom is 0.270 e. The van der Waals surface area contributed by atoms with Gasteiger partial charge in [-0.25, -0.2) is 0 Å². The van der Waals surface area contributed by atoms with E-state index in [1.165, 1.54) is 14.0 Å². The van der Waals surface area contributed by atoms with Gasteiger partial charge in [-0.15, -0.1) is 0 Å². The number of carbonyl (C=O) groups excluding carboxylic acids is 2. The van der Waals surface area contributed by atoms with Gasteiger partial charge in [-0.3, -0.25) is 19.8 Å². The Kier molecular flexibility index (Phi) is 5.81. The van der Waals surface area contributed by atoms with Crippen molar-refractivity contribution < 1.29 is 9.59 Å². The molecule has 0 spiro atoms. The molecule has 0 bridgehead atoms. The van der Waals surface area contributed by atoms with Crippen LogP contribution in [0.2, 0.25) is 0 Å². The van der Waals surface area contributed by atoms with Gasteiger partial charge in [0.25, 0.3) is 11.8 Å². The van der Waals surface area contributed by atoms with Crippen LogP contribution in [0, 0.1) is 24.3 Å². The number of aromatic nitrogens is 1. The standard InChI is InChI=1S/C24H20IN3O2S/c1-14-11-19(9-10-21(14)25)27-15(2)12-17(16(27)3)13-20-22(29)26-24(31)28(23(20)30)18-7-5-4-6-8-18/h4-13H,1-3H3,(H,26,29,31). The molecule has 2 aromatic carbocycles. The lowest BCUT2D eigenvalue weighted by molar-refractivity contribution is -0.122. The molecular formula is C24H20IN3O2S. The summed E-state index contributed by atoms with van der Waals surface area (Å²) in [5, 5.41) is 2.72. The number of carbonyl (C=O) groups is 2. The number of hydrogen-bond acceptors (Lipinski definition) is 3. The molecule has 31 heavy (non-hydrogen) atoms. The van der Waals surface area contributed by atoms with Crippen molar-refractivity contribution >= 4 is 63.5 Å². The Morgan fingerprint density at radius 2 is 1.68 bits per heavy atom. The number of nitrogens with one attached hydrogen (secondary N) is 1. The number of aryl methyl sites for hydroxylation is 2. The Balaban J connectivity index is 1.77. The van der Waals surface area contributed by atoms with Gasteiger partial charge in [-0.2, -0.15) is 0 Å². The van der Waals surface area contributed by atoms with Crippen molar-refractivity contribution in [3.8, 4) is 5.69 Å². The second-order valence-electron chi connectivity index (χ2n) is 7.39. The lowest BCUT2D eigenvalue weighted by Gasteiger charge is -2.28. The third-order valence-corrected chi connectivity index (χ3v) is 6.78. The molecule has 2 amide bonds. The molecular weight excluding hydrogens is 521 g/mol. The van der Waals surface area contributed by atoms with Gasteiger partial charge in [0.2, 0.25) is 0 Å². The quantitative estimate of drug-likeness (QED) is 0.224. The van der Waals surface area contributed by atoms with E-state index in [1.807, 2.05) is 38.1 Å². The topological polar surface area (TPSA) is 54.3 Å².